The molecule has 3 N–H and O–H groups in total. The first kappa shape index (κ1) is 62.7. The maximum absolute atomic E-state index is 12.7. The van der Waals surface area contributed by atoms with Crippen molar-refractivity contribution in [1.29, 1.82) is 0 Å². The number of carbonyl (C=O) groups is 2. The molecule has 0 aromatic rings. The van der Waals surface area contributed by atoms with Crippen LogP contribution in [0, 0.1) is 0 Å². The van der Waals surface area contributed by atoms with E-state index in [0.717, 1.165) is 122 Å². The van der Waals surface area contributed by atoms with E-state index in [1.54, 1.807) is 0 Å². The number of nitrogens with two attached hydrogens (primary N) is 1. The molecule has 0 bridgehead atoms. The summed E-state index contributed by atoms with van der Waals surface area (Å²) in [6.07, 6.45) is 68.4. The third kappa shape index (κ3) is 50.1. The number of allylic oxidation sites excluding steroid dienone is 18. The number of phosphoric acid groups is 1. The zero-order chi connectivity index (χ0) is 48.1. The second-order valence-corrected chi connectivity index (χ2v) is 18.1. The summed E-state index contributed by atoms with van der Waals surface area (Å²) in [5.74, 6) is -0.863. The molecule has 0 amide bonds. The molecule has 0 saturated carbocycles. The minimum atomic E-state index is -4.39. The van der Waals surface area contributed by atoms with Crippen molar-refractivity contribution in [3.63, 3.8) is 0 Å². The Kier molecular flexibility index (Phi) is 48.5. The lowest BCUT2D eigenvalue weighted by molar-refractivity contribution is -0.161. The lowest BCUT2D eigenvalue weighted by Gasteiger charge is -2.19. The summed E-state index contributed by atoms with van der Waals surface area (Å²) in [6.45, 7) is 3.57. The van der Waals surface area contributed by atoms with E-state index >= 15 is 0 Å². The first-order valence-corrected chi connectivity index (χ1v) is 27.4. The maximum atomic E-state index is 12.7. The van der Waals surface area contributed by atoms with Gasteiger partial charge in [-0.1, -0.05) is 194 Å². The number of ether oxygens (including phenoxy) is 2. The van der Waals surface area contributed by atoms with Crippen LogP contribution in [0.5, 0.6) is 0 Å². The third-order valence-corrected chi connectivity index (χ3v) is 11.4. The highest BCUT2D eigenvalue weighted by atomic mass is 31.2. The molecule has 66 heavy (non-hydrogen) atoms. The minimum absolute atomic E-state index is 0.0441. The highest BCUT2D eigenvalue weighted by Gasteiger charge is 2.26. The van der Waals surface area contributed by atoms with Gasteiger partial charge in [0.1, 0.15) is 6.61 Å². The molecule has 0 aliphatic carbocycles. The van der Waals surface area contributed by atoms with E-state index in [9.17, 15) is 19.0 Å². The average molecular weight is 940 g/mol. The first-order chi connectivity index (χ1) is 32.3. The molecule has 0 rings (SSSR count). The summed E-state index contributed by atoms with van der Waals surface area (Å²) in [7, 11) is -4.39. The van der Waals surface area contributed by atoms with Gasteiger partial charge >= 0.3 is 19.8 Å². The van der Waals surface area contributed by atoms with Crippen molar-refractivity contribution in [2.24, 2.45) is 5.73 Å². The molecule has 2 unspecified atom stereocenters. The maximum Gasteiger partial charge on any atom is 0.472 e. The van der Waals surface area contributed by atoms with Gasteiger partial charge in [0, 0.05) is 19.4 Å². The second-order valence-electron chi connectivity index (χ2n) is 16.7. The Morgan fingerprint density at radius 1 is 0.470 bits per heavy atom. The lowest BCUT2D eigenvalue weighted by atomic mass is 10.1. The van der Waals surface area contributed by atoms with Crippen LogP contribution in [0.15, 0.2) is 109 Å². The van der Waals surface area contributed by atoms with Crippen LogP contribution in [0.3, 0.4) is 0 Å². The zero-order valence-electron chi connectivity index (χ0n) is 41.6. The summed E-state index contributed by atoms with van der Waals surface area (Å²) < 4.78 is 32.9. The van der Waals surface area contributed by atoms with Crippen molar-refractivity contribution in [3.8, 4) is 0 Å². The molecule has 0 aliphatic rings. The Labute approximate surface area is 403 Å². The highest BCUT2D eigenvalue weighted by molar-refractivity contribution is 7.47. The Morgan fingerprint density at radius 2 is 0.833 bits per heavy atom. The summed E-state index contributed by atoms with van der Waals surface area (Å²) in [4.78, 5) is 35.0. The predicted octanol–water partition coefficient (Wildman–Crippen LogP) is 15.9. The number of phosphoric ester groups is 1. The van der Waals surface area contributed by atoms with Crippen LogP contribution in [0.2, 0.25) is 0 Å². The number of hydrogen-bond acceptors (Lipinski definition) is 8. The third-order valence-electron chi connectivity index (χ3n) is 10.4. The van der Waals surface area contributed by atoms with Crippen molar-refractivity contribution < 1.29 is 37.6 Å². The molecule has 376 valence electrons. The monoisotopic (exact) mass is 940 g/mol. The standard InChI is InChI=1S/C56H94NO8P/c1-3-5-7-9-11-13-15-17-19-20-21-22-23-24-25-26-27-28-29-30-31-32-33-34-35-37-39-41-43-45-47-49-56(59)65-54(53-64-66(60,61)63-51-50-57)52-62-55(58)48-46-44-42-40-38-36-18-16-14-12-10-8-6-4-2/h5,7,11,13,16-19,21-22,24-25,27-28,30-31,33-34,54H,3-4,6,8-10,12,14-15,20,23,26,29,32,35-53,57H2,1-2H3,(H,60,61)/b7-5-,13-11-,18-16-,19-17-,22-21-,25-24-,28-27-,31-30-,34-33-. The molecule has 2 atom stereocenters. The number of esters is 2. The lowest BCUT2D eigenvalue weighted by Crippen LogP contribution is -2.29. The molecule has 0 fully saturated rings. The van der Waals surface area contributed by atoms with Crippen LogP contribution in [-0.2, 0) is 32.7 Å². The fourth-order valence-electron chi connectivity index (χ4n) is 6.59. The largest absolute Gasteiger partial charge is 0.472 e. The van der Waals surface area contributed by atoms with Crippen molar-refractivity contribution in [2.45, 2.75) is 206 Å². The van der Waals surface area contributed by atoms with Crippen LogP contribution < -0.4 is 5.73 Å². The number of hydrogen-bond donors (Lipinski definition) is 2. The van der Waals surface area contributed by atoms with E-state index in [-0.39, 0.29) is 32.6 Å². The van der Waals surface area contributed by atoms with Crippen LogP contribution in [0.25, 0.3) is 0 Å². The predicted molar refractivity (Wildman–Crippen MR) is 279 cm³/mol. The molecule has 0 aromatic heterocycles. The summed E-state index contributed by atoms with van der Waals surface area (Å²) in [5.41, 5.74) is 5.36. The van der Waals surface area contributed by atoms with Gasteiger partial charge in [0.05, 0.1) is 13.2 Å². The fourth-order valence-corrected chi connectivity index (χ4v) is 7.35. The molecule has 0 saturated heterocycles. The van der Waals surface area contributed by atoms with Gasteiger partial charge in [0.2, 0.25) is 0 Å². The average Bonchev–Trinajstić information content (AvgIpc) is 3.31. The van der Waals surface area contributed by atoms with Gasteiger partial charge in [-0.25, -0.2) is 4.57 Å². The van der Waals surface area contributed by atoms with Crippen LogP contribution in [0.4, 0.5) is 0 Å². The molecule has 0 aliphatic heterocycles. The van der Waals surface area contributed by atoms with E-state index in [4.69, 9.17) is 24.3 Å². The minimum Gasteiger partial charge on any atom is -0.462 e. The summed E-state index contributed by atoms with van der Waals surface area (Å²) in [6, 6.07) is 0. The molecule has 0 aromatic carbocycles. The van der Waals surface area contributed by atoms with Gasteiger partial charge < -0.3 is 20.1 Å². The smallest absolute Gasteiger partial charge is 0.462 e. The zero-order valence-corrected chi connectivity index (χ0v) is 42.5. The van der Waals surface area contributed by atoms with Gasteiger partial charge in [-0.05, 0) is 103 Å². The number of carbonyl (C=O) groups excluding carboxylic acids is 2. The van der Waals surface area contributed by atoms with Crippen molar-refractivity contribution >= 4 is 19.8 Å². The van der Waals surface area contributed by atoms with Gasteiger partial charge in [0.15, 0.2) is 6.10 Å². The van der Waals surface area contributed by atoms with E-state index in [2.05, 4.69) is 123 Å². The van der Waals surface area contributed by atoms with Crippen LogP contribution >= 0.6 is 7.82 Å². The molecule has 0 radical (unpaired) electrons. The molecule has 0 spiro atoms. The Bertz CT molecular complexity index is 1440. The second kappa shape index (κ2) is 51.1. The summed E-state index contributed by atoms with van der Waals surface area (Å²) >= 11 is 0. The van der Waals surface area contributed by atoms with Crippen molar-refractivity contribution in [2.75, 3.05) is 26.4 Å². The van der Waals surface area contributed by atoms with Crippen LogP contribution in [0.1, 0.15) is 200 Å². The Hall–Kier alpha value is -3.33. The summed E-state index contributed by atoms with van der Waals surface area (Å²) in [5, 5.41) is 0. The highest BCUT2D eigenvalue weighted by Crippen LogP contribution is 2.43. The van der Waals surface area contributed by atoms with Gasteiger partial charge in [0.25, 0.3) is 0 Å². The molecular weight excluding hydrogens is 846 g/mol. The van der Waals surface area contributed by atoms with Gasteiger partial charge in [-0.2, -0.15) is 0 Å². The number of rotatable bonds is 47. The Morgan fingerprint density at radius 3 is 1.26 bits per heavy atom. The Balaban J connectivity index is 4.10. The van der Waals surface area contributed by atoms with Gasteiger partial charge in [-0.15, -0.1) is 0 Å². The molecular formula is C56H94NO8P. The van der Waals surface area contributed by atoms with E-state index in [1.807, 2.05) is 0 Å². The van der Waals surface area contributed by atoms with Crippen molar-refractivity contribution in [3.05, 3.63) is 109 Å². The SMILES string of the molecule is CC/C=C\C/C=C\C/C=C\C/C=C\C/C=C\C/C=C\C/C=C\C/C=C\CCCCCCCCC(=O)OC(COC(=O)CCCCCCC/C=C\CCCCCCC)COP(=O)(O)OCCN. The van der Waals surface area contributed by atoms with Gasteiger partial charge in [-0.3, -0.25) is 18.6 Å². The molecule has 9 nitrogen and oxygen atoms in total. The topological polar surface area (TPSA) is 134 Å². The first-order valence-electron chi connectivity index (χ1n) is 25.9. The molecule has 10 heteroatoms. The number of unbranched alkanes of at least 4 members (excludes halogenated alkanes) is 16. The van der Waals surface area contributed by atoms with Crippen molar-refractivity contribution in [1.82, 2.24) is 0 Å². The fraction of sp³-hybridized carbons (Fsp3) is 0.643. The molecule has 0 heterocycles. The van der Waals surface area contributed by atoms with E-state index < -0.39 is 32.5 Å². The quantitative estimate of drug-likeness (QED) is 0.0265. The van der Waals surface area contributed by atoms with Crippen LogP contribution in [-0.4, -0.2) is 49.3 Å². The normalized spacial score (nSPS) is 14.1. The van der Waals surface area contributed by atoms with E-state index in [1.165, 1.54) is 38.5 Å². The van der Waals surface area contributed by atoms with E-state index in [0.29, 0.717) is 12.8 Å².